The van der Waals surface area contributed by atoms with Crippen LogP contribution in [0.15, 0.2) is 0 Å². The SMILES string of the molecule is CCCCCCCCCCCCOCCOCCOCCOCCOCCOCCOCCOCCOCCOCCOCCOCCOCCOCCOCCOCCOCCOCCOCCOCCOCCOCCOCCOCCCCSOOC(C#N)C#N.[H-].[Li+]. The summed E-state index contributed by atoms with van der Waals surface area (Å²) in [6.45, 7) is 26.5. The van der Waals surface area contributed by atoms with Crippen molar-refractivity contribution in [3.8, 4) is 12.1 Å². The Balaban J connectivity index is -0.0000432. The molecular formula is C65H127LiN2O26S. The molecule has 0 saturated heterocycles. The van der Waals surface area contributed by atoms with Crippen LogP contribution in [-0.4, -0.2) is 329 Å². The largest absolute Gasteiger partial charge is 1.00 e. The Morgan fingerprint density at radius 3 is 0.537 bits per heavy atom. The first-order chi connectivity index (χ1) is 46.8. The molecule has 0 aliphatic rings. The van der Waals surface area contributed by atoms with Crippen LogP contribution in [-0.2, 0) is 123 Å². The van der Waals surface area contributed by atoms with Gasteiger partial charge in [-0.15, -0.1) is 0 Å². The summed E-state index contributed by atoms with van der Waals surface area (Å²) in [6.07, 6.45) is 13.8. The van der Waals surface area contributed by atoms with E-state index in [-0.39, 0.29) is 20.3 Å². The van der Waals surface area contributed by atoms with Gasteiger partial charge in [0.25, 0.3) is 6.10 Å². The van der Waals surface area contributed by atoms with E-state index in [1.807, 2.05) is 0 Å². The van der Waals surface area contributed by atoms with Crippen LogP contribution < -0.4 is 18.9 Å². The van der Waals surface area contributed by atoms with Gasteiger partial charge in [-0.25, -0.2) is 0 Å². The van der Waals surface area contributed by atoms with E-state index in [2.05, 4.69) is 11.8 Å². The molecule has 30 heteroatoms. The van der Waals surface area contributed by atoms with Crippen LogP contribution >= 0.6 is 12.0 Å². The van der Waals surface area contributed by atoms with Crippen molar-refractivity contribution >= 4 is 12.0 Å². The van der Waals surface area contributed by atoms with E-state index in [0.717, 1.165) is 37.9 Å². The third-order valence-electron chi connectivity index (χ3n) is 12.4. The third kappa shape index (κ3) is 90.9. The molecule has 0 bridgehead atoms. The summed E-state index contributed by atoms with van der Waals surface area (Å²) in [4.78, 5) is 4.59. The fourth-order valence-electron chi connectivity index (χ4n) is 7.39. The Hall–Kier alpha value is -1.11. The molecule has 0 rings (SSSR count). The van der Waals surface area contributed by atoms with Gasteiger partial charge in [0.2, 0.25) is 0 Å². The minimum atomic E-state index is -1.22. The normalized spacial score (nSPS) is 11.5. The van der Waals surface area contributed by atoms with Gasteiger partial charge in [0.05, 0.1) is 304 Å². The van der Waals surface area contributed by atoms with Gasteiger partial charge in [0.15, 0.2) is 0 Å². The predicted molar refractivity (Wildman–Crippen MR) is 351 cm³/mol. The number of ether oxygens (including phenoxy) is 24. The van der Waals surface area contributed by atoms with Crippen molar-refractivity contribution in [2.45, 2.75) is 90.1 Å². The van der Waals surface area contributed by atoms with Crippen molar-refractivity contribution in [1.82, 2.24) is 0 Å². The number of rotatable bonds is 88. The number of hydrogen-bond acceptors (Lipinski definition) is 29. The van der Waals surface area contributed by atoms with Crippen LogP contribution in [0, 0.1) is 22.7 Å². The Labute approximate surface area is 588 Å². The zero-order chi connectivity index (χ0) is 67.2. The van der Waals surface area contributed by atoms with Crippen molar-refractivity contribution in [3.05, 3.63) is 0 Å². The van der Waals surface area contributed by atoms with Crippen molar-refractivity contribution in [1.29, 1.82) is 10.5 Å². The molecule has 0 aliphatic heterocycles. The molecule has 0 amide bonds. The summed E-state index contributed by atoms with van der Waals surface area (Å²) in [5, 5.41) is 17.1. The average molecular weight is 1390 g/mol. The number of unbranched alkanes of at least 4 members (excludes halogenated alkanes) is 10. The molecule has 0 radical (unpaired) electrons. The first-order valence-electron chi connectivity index (χ1n) is 34.4. The summed E-state index contributed by atoms with van der Waals surface area (Å²) in [7, 11) is 0. The topological polar surface area (TPSA) is 288 Å². The Bertz CT molecular complexity index is 1460. The van der Waals surface area contributed by atoms with Crippen molar-refractivity contribution in [3.63, 3.8) is 0 Å². The van der Waals surface area contributed by atoms with E-state index in [1.165, 1.54) is 57.8 Å². The maximum absolute atomic E-state index is 8.57. The van der Waals surface area contributed by atoms with Crippen molar-refractivity contribution < 1.29 is 143 Å². The standard InChI is InChI=1S/C65H126N2O26S.Li.H/c1-2-3-4-5-6-7-8-9-10-11-14-68-16-18-70-20-22-72-24-26-74-28-30-76-32-34-78-36-38-80-40-42-82-44-46-84-48-50-86-52-54-88-56-58-90-60-61-91-59-57-89-55-53-87-51-49-85-47-45-83-43-41-81-39-37-79-35-33-77-31-29-75-27-25-73-23-21-71-19-17-69-15-12-13-62-94-93-92-65(63-66)64-67;;/h65H,2-62H2,1H3;;/q;+1;-1. The van der Waals surface area contributed by atoms with E-state index in [4.69, 9.17) is 129 Å². The fourth-order valence-corrected chi connectivity index (χ4v) is 7.91. The van der Waals surface area contributed by atoms with Gasteiger partial charge >= 0.3 is 18.9 Å². The quantitative estimate of drug-likeness (QED) is 0.0278. The van der Waals surface area contributed by atoms with Crippen LogP contribution in [0.25, 0.3) is 0 Å². The minimum Gasteiger partial charge on any atom is -1.00 e. The maximum Gasteiger partial charge on any atom is 1.00 e. The smallest absolute Gasteiger partial charge is 1.00 e. The van der Waals surface area contributed by atoms with E-state index >= 15 is 0 Å². The molecule has 0 aromatic carbocycles. The monoisotopic (exact) mass is 1390 g/mol. The second-order valence-corrected chi connectivity index (χ2v) is 21.0. The Morgan fingerprint density at radius 2 is 0.368 bits per heavy atom. The maximum atomic E-state index is 8.57. The van der Waals surface area contributed by atoms with E-state index in [1.54, 1.807) is 12.1 Å². The molecule has 28 nitrogen and oxygen atoms in total. The number of nitrogens with zero attached hydrogens (tertiary/aromatic N) is 2. The zero-order valence-electron chi connectivity index (χ0n) is 59.6. The second-order valence-electron chi connectivity index (χ2n) is 20.2. The molecule has 0 aromatic rings. The van der Waals surface area contributed by atoms with Gasteiger partial charge < -0.3 is 115 Å². The fraction of sp³-hybridized carbons (Fsp3) is 0.969. The van der Waals surface area contributed by atoms with Gasteiger partial charge in [-0.1, -0.05) is 64.7 Å². The molecule has 0 aliphatic carbocycles. The first-order valence-corrected chi connectivity index (χ1v) is 35.4. The first kappa shape index (κ1) is 95.9. The third-order valence-corrected chi connectivity index (χ3v) is 13.0. The zero-order valence-corrected chi connectivity index (χ0v) is 59.4. The molecule has 95 heavy (non-hydrogen) atoms. The van der Waals surface area contributed by atoms with E-state index < -0.39 is 6.10 Å². The average Bonchev–Trinajstić information content (AvgIpc) is 3.62. The molecule has 0 heterocycles. The van der Waals surface area contributed by atoms with Crippen LogP contribution in [0.2, 0.25) is 0 Å². The summed E-state index contributed by atoms with van der Waals surface area (Å²) >= 11 is 1.05. The van der Waals surface area contributed by atoms with Gasteiger partial charge in [-0.3, -0.25) is 0 Å². The van der Waals surface area contributed by atoms with Crippen LogP contribution in [0.5, 0.6) is 0 Å². The Kier molecular flexibility index (Phi) is 93.8. The summed E-state index contributed by atoms with van der Waals surface area (Å²) in [5.74, 6) is 0.665. The molecule has 0 unspecified atom stereocenters. The molecule has 0 saturated carbocycles. The molecule has 0 atom stereocenters. The van der Waals surface area contributed by atoms with Gasteiger partial charge in [0, 0.05) is 31.0 Å². The molecular weight excluding hydrogens is 1260 g/mol. The summed E-state index contributed by atoms with van der Waals surface area (Å²) in [5.41, 5.74) is 0. The van der Waals surface area contributed by atoms with Crippen LogP contribution in [0.1, 0.15) is 85.4 Å². The summed E-state index contributed by atoms with van der Waals surface area (Å²) in [6, 6.07) is 3.30. The molecule has 0 N–H and O–H groups in total. The van der Waals surface area contributed by atoms with Crippen LogP contribution in [0.4, 0.5) is 0 Å². The van der Waals surface area contributed by atoms with Gasteiger partial charge in [-0.2, -0.15) is 19.7 Å². The second kappa shape index (κ2) is 92.9. The Morgan fingerprint density at radius 1 is 0.221 bits per heavy atom. The predicted octanol–water partition coefficient (Wildman–Crippen LogP) is 3.21. The van der Waals surface area contributed by atoms with Crippen molar-refractivity contribution in [2.24, 2.45) is 0 Å². The molecule has 0 spiro atoms. The molecule has 560 valence electrons. The number of hydrogen-bond donors (Lipinski definition) is 0. The van der Waals surface area contributed by atoms with Crippen LogP contribution in [0.3, 0.4) is 0 Å². The van der Waals surface area contributed by atoms with Gasteiger partial charge in [-0.05, 0) is 19.3 Å². The van der Waals surface area contributed by atoms with Gasteiger partial charge in [0.1, 0.15) is 12.1 Å². The number of nitriles is 2. The van der Waals surface area contributed by atoms with E-state index in [9.17, 15) is 0 Å². The molecule has 0 fully saturated rings. The minimum absolute atomic E-state index is 0. The summed E-state index contributed by atoms with van der Waals surface area (Å²) < 4.78 is 138. The van der Waals surface area contributed by atoms with E-state index in [0.29, 0.717) is 316 Å². The molecule has 0 aromatic heterocycles. The van der Waals surface area contributed by atoms with Crippen molar-refractivity contribution in [2.75, 3.05) is 323 Å².